The molecule has 1 atom stereocenters. The third kappa shape index (κ3) is 4.23. The average Bonchev–Trinajstić information content (AvgIpc) is 2.65. The molecule has 0 amide bonds. The zero-order chi connectivity index (χ0) is 18.4. The summed E-state index contributed by atoms with van der Waals surface area (Å²) >= 11 is 0. The molecule has 1 aliphatic rings. The number of hydrogen-bond donors (Lipinski definition) is 0. The van der Waals surface area contributed by atoms with Gasteiger partial charge >= 0.3 is 0 Å². The Morgan fingerprint density at radius 3 is 2.16 bits per heavy atom. The summed E-state index contributed by atoms with van der Waals surface area (Å²) in [6.07, 6.45) is 5.88. The zero-order valence-electron chi connectivity index (χ0n) is 15.8. The third-order valence-electron chi connectivity index (χ3n) is 5.15. The van der Waals surface area contributed by atoms with Crippen molar-refractivity contribution in [3.8, 4) is 11.5 Å². The normalized spacial score (nSPS) is 17.2. The number of ether oxygens (including phenoxy) is 2. The summed E-state index contributed by atoms with van der Waals surface area (Å²) in [5.74, 6) is 1.42. The van der Waals surface area contributed by atoms with Crippen molar-refractivity contribution in [2.24, 2.45) is 5.92 Å². The summed E-state index contributed by atoms with van der Waals surface area (Å²) in [6.45, 7) is 4.25. The van der Waals surface area contributed by atoms with Gasteiger partial charge in [-0.3, -0.25) is 9.36 Å². The summed E-state index contributed by atoms with van der Waals surface area (Å²) < 4.78 is 24.1. The minimum Gasteiger partial charge on any atom is -0.496 e. The molecular weight excluding hydrogens is 335 g/mol. The number of carbonyl (C=O) groups excluding carboxylic acids is 1. The molecule has 1 aliphatic carbocycles. The lowest BCUT2D eigenvalue weighted by atomic mass is 9.82. The van der Waals surface area contributed by atoms with E-state index in [0.717, 1.165) is 25.7 Å². The smallest absolute Gasteiger partial charge is 0.187 e. The first-order valence-electron chi connectivity index (χ1n) is 9.17. The maximum absolute atomic E-state index is 13.6. The number of benzene rings is 1. The molecule has 1 aromatic carbocycles. The maximum atomic E-state index is 13.6. The van der Waals surface area contributed by atoms with E-state index in [1.165, 1.54) is 0 Å². The largest absolute Gasteiger partial charge is 0.496 e. The van der Waals surface area contributed by atoms with Crippen LogP contribution in [0.15, 0.2) is 18.2 Å². The molecule has 139 valence electrons. The predicted molar refractivity (Wildman–Crippen MR) is 102 cm³/mol. The van der Waals surface area contributed by atoms with Crippen molar-refractivity contribution in [1.82, 2.24) is 0 Å². The van der Waals surface area contributed by atoms with E-state index >= 15 is 0 Å². The number of ketones is 1. The van der Waals surface area contributed by atoms with Gasteiger partial charge in [0.25, 0.3) is 0 Å². The van der Waals surface area contributed by atoms with E-state index < -0.39 is 13.0 Å². The highest BCUT2D eigenvalue weighted by Crippen LogP contribution is 2.53. The first kappa shape index (κ1) is 19.9. The number of Topliss-reactive ketones (excluding diaryl/α,β-unsaturated/α-hetero) is 1. The fourth-order valence-corrected chi connectivity index (χ4v) is 5.96. The predicted octanol–water partition coefficient (Wildman–Crippen LogP) is 5.46. The average molecular weight is 365 g/mol. The Labute approximate surface area is 152 Å². The van der Waals surface area contributed by atoms with Gasteiger partial charge in [-0.1, -0.05) is 39.2 Å². The molecule has 4 nitrogen and oxygen atoms in total. The summed E-state index contributed by atoms with van der Waals surface area (Å²) in [4.78, 5) is 13.6. The molecule has 0 aromatic heterocycles. The SMILES string of the molecule is COc1cccc(OC)c1C(=O)C1([P](=O)CCC(C)C)CCCCC1. The Morgan fingerprint density at radius 2 is 1.68 bits per heavy atom. The summed E-state index contributed by atoms with van der Waals surface area (Å²) in [7, 11) is 1.48. The van der Waals surface area contributed by atoms with Gasteiger partial charge in [-0.15, -0.1) is 0 Å². The second-order valence-corrected chi connectivity index (χ2v) is 9.30. The Kier molecular flexibility index (Phi) is 7.01. The minimum atomic E-state index is -1.62. The van der Waals surface area contributed by atoms with Gasteiger partial charge < -0.3 is 9.47 Å². The Hall–Kier alpha value is -1.41. The van der Waals surface area contributed by atoms with Crippen LogP contribution in [0.25, 0.3) is 0 Å². The number of hydrogen-bond acceptors (Lipinski definition) is 4. The van der Waals surface area contributed by atoms with Crippen LogP contribution in [0, 0.1) is 5.92 Å². The Bertz CT molecular complexity index is 596. The van der Waals surface area contributed by atoms with E-state index in [-0.39, 0.29) is 5.78 Å². The van der Waals surface area contributed by atoms with Gasteiger partial charge in [0.2, 0.25) is 0 Å². The van der Waals surface area contributed by atoms with Crippen LogP contribution in [0.5, 0.6) is 11.5 Å². The Morgan fingerprint density at radius 1 is 1.12 bits per heavy atom. The van der Waals surface area contributed by atoms with Crippen LogP contribution in [-0.4, -0.2) is 31.3 Å². The van der Waals surface area contributed by atoms with E-state index in [0.29, 0.717) is 42.0 Å². The van der Waals surface area contributed by atoms with Gasteiger partial charge in [-0.05, 0) is 37.3 Å². The van der Waals surface area contributed by atoms with Crippen LogP contribution < -0.4 is 9.47 Å². The monoisotopic (exact) mass is 365 g/mol. The van der Waals surface area contributed by atoms with Gasteiger partial charge in [0, 0.05) is 6.16 Å². The van der Waals surface area contributed by atoms with Crippen LogP contribution in [0.2, 0.25) is 0 Å². The highest BCUT2D eigenvalue weighted by atomic mass is 31.1. The molecule has 25 heavy (non-hydrogen) atoms. The van der Waals surface area contributed by atoms with Crippen molar-refractivity contribution in [2.45, 2.75) is 57.5 Å². The van der Waals surface area contributed by atoms with Crippen LogP contribution in [0.3, 0.4) is 0 Å². The van der Waals surface area contributed by atoms with E-state index in [9.17, 15) is 9.36 Å². The van der Waals surface area contributed by atoms with Crippen molar-refractivity contribution in [3.63, 3.8) is 0 Å². The second kappa shape index (κ2) is 8.80. The van der Waals surface area contributed by atoms with Gasteiger partial charge in [0.15, 0.2) is 5.78 Å². The van der Waals surface area contributed by atoms with E-state index in [2.05, 4.69) is 13.8 Å². The second-order valence-electron chi connectivity index (χ2n) is 7.24. The van der Waals surface area contributed by atoms with Crippen LogP contribution in [0.1, 0.15) is 62.7 Å². The summed E-state index contributed by atoms with van der Waals surface area (Å²) in [5.41, 5.74) is 0.447. The van der Waals surface area contributed by atoms with Crippen LogP contribution in [0.4, 0.5) is 0 Å². The van der Waals surface area contributed by atoms with Crippen molar-refractivity contribution >= 4 is 13.6 Å². The van der Waals surface area contributed by atoms with E-state index in [4.69, 9.17) is 9.47 Å². The highest BCUT2D eigenvalue weighted by Gasteiger charge is 2.47. The molecule has 0 spiro atoms. The Balaban J connectivity index is 2.45. The van der Waals surface area contributed by atoms with Gasteiger partial charge in [0.1, 0.15) is 22.2 Å². The number of methoxy groups -OCH3 is 2. The molecule has 1 fully saturated rings. The lowest BCUT2D eigenvalue weighted by Crippen LogP contribution is -2.38. The molecule has 1 radical (unpaired) electrons. The van der Waals surface area contributed by atoms with Crippen LogP contribution in [-0.2, 0) is 4.57 Å². The molecule has 2 rings (SSSR count). The minimum absolute atomic E-state index is 0.0635. The molecule has 0 N–H and O–H groups in total. The maximum Gasteiger partial charge on any atom is 0.187 e. The van der Waals surface area contributed by atoms with Crippen molar-refractivity contribution < 1.29 is 18.8 Å². The number of carbonyl (C=O) groups is 1. The molecule has 0 aliphatic heterocycles. The quantitative estimate of drug-likeness (QED) is 0.453. The fourth-order valence-electron chi connectivity index (χ4n) is 3.62. The molecule has 5 heteroatoms. The van der Waals surface area contributed by atoms with Crippen molar-refractivity contribution in [2.75, 3.05) is 20.4 Å². The van der Waals surface area contributed by atoms with Gasteiger partial charge in [-0.25, -0.2) is 0 Å². The topological polar surface area (TPSA) is 52.6 Å². The van der Waals surface area contributed by atoms with E-state index in [1.54, 1.807) is 32.4 Å². The number of rotatable bonds is 8. The third-order valence-corrected chi connectivity index (χ3v) is 7.41. The molecule has 0 bridgehead atoms. The van der Waals surface area contributed by atoms with Gasteiger partial charge in [-0.2, -0.15) is 0 Å². The molecule has 1 saturated carbocycles. The standard InChI is InChI=1S/C20H30O4P/c1-15(2)11-14-25(22)20(12-6-5-7-13-20)19(21)18-16(23-3)9-8-10-17(18)24-4/h8-10,15H,5-7,11-14H2,1-4H3. The van der Waals surface area contributed by atoms with Gasteiger partial charge in [0.05, 0.1) is 22.0 Å². The first-order chi connectivity index (χ1) is 12.0. The van der Waals surface area contributed by atoms with Crippen molar-refractivity contribution in [3.05, 3.63) is 23.8 Å². The van der Waals surface area contributed by atoms with E-state index in [1.807, 2.05) is 0 Å². The molecule has 1 unspecified atom stereocenters. The lowest BCUT2D eigenvalue weighted by Gasteiger charge is -2.35. The summed E-state index contributed by atoms with van der Waals surface area (Å²) in [6, 6.07) is 5.35. The molecule has 0 saturated heterocycles. The van der Waals surface area contributed by atoms with Crippen molar-refractivity contribution in [1.29, 1.82) is 0 Å². The zero-order valence-corrected chi connectivity index (χ0v) is 16.7. The molecule has 0 heterocycles. The lowest BCUT2D eigenvalue weighted by molar-refractivity contribution is 0.0906. The fraction of sp³-hybridized carbons (Fsp3) is 0.650. The molecular formula is C20H30O4P. The first-order valence-corrected chi connectivity index (χ1v) is 10.6. The highest BCUT2D eigenvalue weighted by molar-refractivity contribution is 7.48. The van der Waals surface area contributed by atoms with Crippen LogP contribution >= 0.6 is 7.80 Å². The summed E-state index contributed by atoms with van der Waals surface area (Å²) in [5, 5.41) is -0.773. The molecule has 1 aromatic rings.